The second-order valence-electron chi connectivity index (χ2n) is 5.70. The van der Waals surface area contributed by atoms with Crippen molar-refractivity contribution in [2.75, 3.05) is 13.1 Å². The Balaban J connectivity index is 2.60. The molecule has 1 aromatic carbocycles. The molecular formula is C15H23FN2O. The van der Waals surface area contributed by atoms with Gasteiger partial charge in [-0.2, -0.15) is 0 Å². The first-order chi connectivity index (χ1) is 8.85. The summed E-state index contributed by atoms with van der Waals surface area (Å²) in [6, 6.07) is 4.20. The van der Waals surface area contributed by atoms with Crippen molar-refractivity contribution < 1.29 is 9.18 Å². The van der Waals surface area contributed by atoms with Gasteiger partial charge in [-0.1, -0.05) is 13.8 Å². The lowest BCUT2D eigenvalue weighted by molar-refractivity contribution is 0.0933. The van der Waals surface area contributed by atoms with Gasteiger partial charge in [0.1, 0.15) is 5.82 Å². The van der Waals surface area contributed by atoms with Crippen LogP contribution < -0.4 is 11.1 Å². The van der Waals surface area contributed by atoms with Gasteiger partial charge in [0.05, 0.1) is 0 Å². The molecule has 0 aromatic heterocycles. The molecule has 3 N–H and O–H groups in total. The average molecular weight is 266 g/mol. The number of amides is 1. The summed E-state index contributed by atoms with van der Waals surface area (Å²) in [5.41, 5.74) is 6.69. The van der Waals surface area contributed by atoms with Gasteiger partial charge in [-0.15, -0.1) is 0 Å². The SMILES string of the molecule is Cc1cc(F)ccc1C(=O)NCC(C)(C)CCCN. The summed E-state index contributed by atoms with van der Waals surface area (Å²) in [6.07, 6.45) is 1.91. The van der Waals surface area contributed by atoms with E-state index in [-0.39, 0.29) is 17.1 Å². The maximum atomic E-state index is 13.0. The number of nitrogens with two attached hydrogens (primary N) is 1. The molecule has 0 aliphatic rings. The molecule has 0 saturated heterocycles. The molecule has 0 radical (unpaired) electrons. The van der Waals surface area contributed by atoms with E-state index in [0.29, 0.717) is 24.2 Å². The summed E-state index contributed by atoms with van der Waals surface area (Å²) in [7, 11) is 0. The van der Waals surface area contributed by atoms with Crippen LogP contribution in [0.25, 0.3) is 0 Å². The molecule has 106 valence electrons. The van der Waals surface area contributed by atoms with Crippen LogP contribution in [0.2, 0.25) is 0 Å². The maximum Gasteiger partial charge on any atom is 0.251 e. The minimum atomic E-state index is -0.322. The number of hydrogen-bond acceptors (Lipinski definition) is 2. The summed E-state index contributed by atoms with van der Waals surface area (Å²) in [6.45, 7) is 7.18. The highest BCUT2D eigenvalue weighted by Crippen LogP contribution is 2.21. The second kappa shape index (κ2) is 6.66. The van der Waals surface area contributed by atoms with Gasteiger partial charge in [-0.3, -0.25) is 4.79 Å². The van der Waals surface area contributed by atoms with Gasteiger partial charge in [-0.25, -0.2) is 4.39 Å². The monoisotopic (exact) mass is 266 g/mol. The lowest BCUT2D eigenvalue weighted by Gasteiger charge is -2.24. The Morgan fingerprint density at radius 1 is 1.42 bits per heavy atom. The molecule has 0 aliphatic heterocycles. The van der Waals surface area contributed by atoms with Crippen molar-refractivity contribution in [1.29, 1.82) is 0 Å². The lowest BCUT2D eigenvalue weighted by Crippen LogP contribution is -2.34. The van der Waals surface area contributed by atoms with E-state index < -0.39 is 0 Å². The number of carbonyl (C=O) groups excluding carboxylic acids is 1. The Hall–Kier alpha value is -1.42. The minimum absolute atomic E-state index is 0.0168. The Labute approximate surface area is 114 Å². The molecule has 3 nitrogen and oxygen atoms in total. The predicted octanol–water partition coefficient (Wildman–Crippen LogP) is 2.63. The molecule has 1 aromatic rings. The molecule has 0 saturated carbocycles. The largest absolute Gasteiger partial charge is 0.351 e. The van der Waals surface area contributed by atoms with Crippen molar-refractivity contribution in [3.05, 3.63) is 35.1 Å². The molecular weight excluding hydrogens is 243 g/mol. The summed E-state index contributed by atoms with van der Waals surface area (Å²) in [4.78, 5) is 12.0. The first kappa shape index (κ1) is 15.6. The van der Waals surface area contributed by atoms with Crippen LogP contribution in [0.3, 0.4) is 0 Å². The third-order valence-electron chi connectivity index (χ3n) is 3.22. The number of benzene rings is 1. The highest BCUT2D eigenvalue weighted by Gasteiger charge is 2.19. The zero-order valence-corrected chi connectivity index (χ0v) is 11.9. The Morgan fingerprint density at radius 2 is 2.11 bits per heavy atom. The highest BCUT2D eigenvalue weighted by molar-refractivity contribution is 5.95. The predicted molar refractivity (Wildman–Crippen MR) is 75.5 cm³/mol. The van der Waals surface area contributed by atoms with Gasteiger partial charge in [0.2, 0.25) is 0 Å². The van der Waals surface area contributed by atoms with Crippen LogP contribution >= 0.6 is 0 Å². The van der Waals surface area contributed by atoms with E-state index >= 15 is 0 Å². The summed E-state index contributed by atoms with van der Waals surface area (Å²) >= 11 is 0. The molecule has 4 heteroatoms. The quantitative estimate of drug-likeness (QED) is 0.831. The number of carbonyl (C=O) groups is 1. The number of halogens is 1. The van der Waals surface area contributed by atoms with Crippen LogP contribution in [0.5, 0.6) is 0 Å². The van der Waals surface area contributed by atoms with Crippen molar-refractivity contribution in [3.63, 3.8) is 0 Å². The van der Waals surface area contributed by atoms with E-state index in [1.165, 1.54) is 18.2 Å². The summed E-state index contributed by atoms with van der Waals surface area (Å²) < 4.78 is 13.0. The second-order valence-corrected chi connectivity index (χ2v) is 5.70. The van der Waals surface area contributed by atoms with E-state index in [1.807, 2.05) is 0 Å². The first-order valence-electron chi connectivity index (χ1n) is 6.60. The van der Waals surface area contributed by atoms with Crippen molar-refractivity contribution in [2.45, 2.75) is 33.6 Å². The van der Waals surface area contributed by atoms with Gasteiger partial charge in [0, 0.05) is 12.1 Å². The van der Waals surface area contributed by atoms with Gasteiger partial charge in [0.15, 0.2) is 0 Å². The lowest BCUT2D eigenvalue weighted by atomic mass is 9.87. The molecule has 0 spiro atoms. The van der Waals surface area contributed by atoms with Crippen molar-refractivity contribution in [1.82, 2.24) is 5.32 Å². The Bertz CT molecular complexity index is 444. The molecule has 1 rings (SSSR count). The molecule has 0 bridgehead atoms. The first-order valence-corrected chi connectivity index (χ1v) is 6.60. The smallest absolute Gasteiger partial charge is 0.251 e. The van der Waals surface area contributed by atoms with Crippen LogP contribution in [0.15, 0.2) is 18.2 Å². The molecule has 0 fully saturated rings. The minimum Gasteiger partial charge on any atom is -0.351 e. The van der Waals surface area contributed by atoms with Crippen LogP contribution in [0.1, 0.15) is 42.6 Å². The molecule has 0 atom stereocenters. The molecule has 19 heavy (non-hydrogen) atoms. The van der Waals surface area contributed by atoms with Crippen molar-refractivity contribution >= 4 is 5.91 Å². The van der Waals surface area contributed by atoms with Crippen LogP contribution in [-0.2, 0) is 0 Å². The van der Waals surface area contributed by atoms with Crippen LogP contribution in [0, 0.1) is 18.2 Å². The van der Waals surface area contributed by atoms with Gasteiger partial charge < -0.3 is 11.1 Å². The zero-order chi connectivity index (χ0) is 14.5. The molecule has 0 unspecified atom stereocenters. The maximum absolute atomic E-state index is 13.0. The standard InChI is InChI=1S/C15H23FN2O/c1-11-9-12(16)5-6-13(11)14(19)18-10-15(2,3)7-4-8-17/h5-6,9H,4,7-8,10,17H2,1-3H3,(H,18,19). The van der Waals surface area contributed by atoms with Crippen molar-refractivity contribution in [3.8, 4) is 0 Å². The fraction of sp³-hybridized carbons (Fsp3) is 0.533. The van der Waals surface area contributed by atoms with Gasteiger partial charge >= 0.3 is 0 Å². The molecule has 0 heterocycles. The average Bonchev–Trinajstić information content (AvgIpc) is 2.34. The number of aryl methyl sites for hydroxylation is 1. The summed E-state index contributed by atoms with van der Waals surface area (Å²) in [5.74, 6) is -0.476. The zero-order valence-electron chi connectivity index (χ0n) is 11.9. The van der Waals surface area contributed by atoms with E-state index in [0.717, 1.165) is 12.8 Å². The van der Waals surface area contributed by atoms with E-state index in [9.17, 15) is 9.18 Å². The topological polar surface area (TPSA) is 55.1 Å². The third kappa shape index (κ3) is 4.99. The summed E-state index contributed by atoms with van der Waals surface area (Å²) in [5, 5.41) is 2.91. The molecule has 0 aliphatic carbocycles. The van der Waals surface area contributed by atoms with E-state index in [2.05, 4.69) is 19.2 Å². The van der Waals surface area contributed by atoms with Gasteiger partial charge in [0.25, 0.3) is 5.91 Å². The number of rotatable bonds is 6. The number of hydrogen-bond donors (Lipinski definition) is 2. The molecule has 1 amide bonds. The van der Waals surface area contributed by atoms with Crippen LogP contribution in [-0.4, -0.2) is 19.0 Å². The van der Waals surface area contributed by atoms with Gasteiger partial charge in [-0.05, 0) is 55.5 Å². The number of nitrogens with one attached hydrogen (secondary N) is 1. The fourth-order valence-electron chi connectivity index (χ4n) is 1.97. The normalized spacial score (nSPS) is 11.4. The van der Waals surface area contributed by atoms with E-state index in [1.54, 1.807) is 6.92 Å². The Kier molecular flexibility index (Phi) is 5.48. The Morgan fingerprint density at radius 3 is 2.68 bits per heavy atom. The fourth-order valence-corrected chi connectivity index (χ4v) is 1.97. The highest BCUT2D eigenvalue weighted by atomic mass is 19.1. The third-order valence-corrected chi connectivity index (χ3v) is 3.22. The van der Waals surface area contributed by atoms with E-state index in [4.69, 9.17) is 5.73 Å². The van der Waals surface area contributed by atoms with Crippen LogP contribution in [0.4, 0.5) is 4.39 Å². The van der Waals surface area contributed by atoms with Crippen molar-refractivity contribution in [2.24, 2.45) is 11.1 Å².